The average Bonchev–Trinajstić information content (AvgIpc) is 2.96. The number of hydrogen-bond acceptors (Lipinski definition) is 5. The third-order valence-corrected chi connectivity index (χ3v) is 3.66. The predicted octanol–water partition coefficient (Wildman–Crippen LogP) is -1.34. The molecule has 3 unspecified atom stereocenters. The van der Waals surface area contributed by atoms with Gasteiger partial charge in [0.15, 0.2) is 0 Å². The lowest BCUT2D eigenvalue weighted by molar-refractivity contribution is -0.145. The van der Waals surface area contributed by atoms with E-state index in [0.717, 1.165) is 0 Å². The van der Waals surface area contributed by atoms with Gasteiger partial charge < -0.3 is 25.2 Å². The van der Waals surface area contributed by atoms with E-state index in [1.165, 1.54) is 4.90 Å². The van der Waals surface area contributed by atoms with Gasteiger partial charge in [0.05, 0.1) is 25.9 Å². The number of nitrogens with two attached hydrogens (primary N) is 1. The zero-order valence-corrected chi connectivity index (χ0v) is 10.3. The lowest BCUT2D eigenvalue weighted by atomic mass is 9.95. The minimum atomic E-state index is -1.03. The molecule has 2 rings (SSSR count). The highest BCUT2D eigenvalue weighted by Gasteiger charge is 2.45. The smallest absolute Gasteiger partial charge is 0.311 e. The molecule has 0 aromatic rings. The molecule has 102 valence electrons. The van der Waals surface area contributed by atoms with Gasteiger partial charge in [-0.3, -0.25) is 9.59 Å². The first-order valence-corrected chi connectivity index (χ1v) is 5.90. The van der Waals surface area contributed by atoms with E-state index in [4.69, 9.17) is 20.3 Å². The highest BCUT2D eigenvalue weighted by molar-refractivity contribution is 5.87. The maximum Gasteiger partial charge on any atom is 0.311 e. The van der Waals surface area contributed by atoms with Crippen molar-refractivity contribution in [1.29, 1.82) is 0 Å². The molecule has 7 heteroatoms. The minimum Gasteiger partial charge on any atom is -0.481 e. The van der Waals surface area contributed by atoms with Crippen LogP contribution in [0.1, 0.15) is 6.42 Å². The first-order chi connectivity index (χ1) is 8.46. The molecule has 0 aromatic carbocycles. The van der Waals surface area contributed by atoms with Crippen LogP contribution in [0.4, 0.5) is 0 Å². The van der Waals surface area contributed by atoms with Gasteiger partial charge in [0.1, 0.15) is 11.5 Å². The molecule has 2 aliphatic heterocycles. The summed E-state index contributed by atoms with van der Waals surface area (Å²) >= 11 is 0. The molecule has 3 N–H and O–H groups in total. The Bertz CT molecular complexity index is 353. The molecule has 0 radical (unpaired) electrons. The zero-order valence-electron chi connectivity index (χ0n) is 10.3. The highest BCUT2D eigenvalue weighted by Crippen LogP contribution is 2.24. The Hall–Kier alpha value is -1.18. The standard InChI is InChI=1S/C11H18N2O5/c1-13(8-5-18-4-7(8)9(14)15)10(16)11(12)2-3-17-6-11/h7-8H,2-6,12H2,1H3,(H,14,15). The van der Waals surface area contributed by atoms with Crippen molar-refractivity contribution in [3.63, 3.8) is 0 Å². The van der Waals surface area contributed by atoms with E-state index < -0.39 is 23.5 Å². The van der Waals surface area contributed by atoms with Gasteiger partial charge >= 0.3 is 5.97 Å². The maximum atomic E-state index is 12.3. The van der Waals surface area contributed by atoms with Gasteiger partial charge in [0.2, 0.25) is 5.91 Å². The van der Waals surface area contributed by atoms with E-state index in [1.807, 2.05) is 0 Å². The van der Waals surface area contributed by atoms with E-state index in [0.29, 0.717) is 13.0 Å². The van der Waals surface area contributed by atoms with Crippen molar-refractivity contribution in [2.75, 3.05) is 33.5 Å². The summed E-state index contributed by atoms with van der Waals surface area (Å²) in [6, 6.07) is -0.462. The molecular weight excluding hydrogens is 240 g/mol. The number of carbonyl (C=O) groups is 2. The minimum absolute atomic E-state index is 0.131. The van der Waals surface area contributed by atoms with Crippen molar-refractivity contribution in [2.45, 2.75) is 18.0 Å². The summed E-state index contributed by atoms with van der Waals surface area (Å²) in [6.07, 6.45) is 0.460. The van der Waals surface area contributed by atoms with Gasteiger partial charge in [-0.2, -0.15) is 0 Å². The summed E-state index contributed by atoms with van der Waals surface area (Å²) < 4.78 is 10.3. The van der Waals surface area contributed by atoms with Gasteiger partial charge in [0, 0.05) is 13.7 Å². The number of nitrogens with zero attached hydrogens (tertiary/aromatic N) is 1. The van der Waals surface area contributed by atoms with Gasteiger partial charge in [0.25, 0.3) is 0 Å². The van der Waals surface area contributed by atoms with Gasteiger partial charge in [-0.15, -0.1) is 0 Å². The third kappa shape index (κ3) is 2.21. The van der Waals surface area contributed by atoms with Crippen LogP contribution in [0.25, 0.3) is 0 Å². The fraction of sp³-hybridized carbons (Fsp3) is 0.818. The second-order valence-electron chi connectivity index (χ2n) is 4.92. The summed E-state index contributed by atoms with van der Waals surface area (Å²) in [7, 11) is 1.57. The SMILES string of the molecule is CN(C(=O)C1(N)CCOC1)C1COCC1C(=O)O. The number of carboxylic acid groups (broad SMARTS) is 1. The van der Waals surface area contributed by atoms with E-state index >= 15 is 0 Å². The van der Waals surface area contributed by atoms with E-state index in [-0.39, 0.29) is 25.7 Å². The molecular formula is C11H18N2O5. The summed E-state index contributed by atoms with van der Waals surface area (Å²) in [4.78, 5) is 24.8. The molecule has 18 heavy (non-hydrogen) atoms. The third-order valence-electron chi connectivity index (χ3n) is 3.66. The predicted molar refractivity (Wildman–Crippen MR) is 60.9 cm³/mol. The van der Waals surface area contributed by atoms with Crippen LogP contribution in [-0.2, 0) is 19.1 Å². The number of rotatable bonds is 3. The normalized spacial score (nSPS) is 35.7. The van der Waals surface area contributed by atoms with Crippen LogP contribution in [0.15, 0.2) is 0 Å². The van der Waals surface area contributed by atoms with Crippen LogP contribution in [0, 0.1) is 5.92 Å². The Morgan fingerprint density at radius 1 is 1.39 bits per heavy atom. The monoisotopic (exact) mass is 258 g/mol. The molecule has 2 saturated heterocycles. The topological polar surface area (TPSA) is 102 Å². The molecule has 0 aliphatic carbocycles. The van der Waals surface area contributed by atoms with Crippen molar-refractivity contribution < 1.29 is 24.2 Å². The number of likely N-dealkylation sites (N-methyl/N-ethyl adjacent to an activating group) is 1. The molecule has 0 saturated carbocycles. The highest BCUT2D eigenvalue weighted by atomic mass is 16.5. The molecule has 2 aliphatic rings. The quantitative estimate of drug-likeness (QED) is 0.649. The van der Waals surface area contributed by atoms with Crippen LogP contribution in [0.2, 0.25) is 0 Å². The average molecular weight is 258 g/mol. The van der Waals surface area contributed by atoms with Crippen LogP contribution in [-0.4, -0.2) is 66.9 Å². The Kier molecular flexibility index (Phi) is 3.56. The molecule has 0 bridgehead atoms. The number of hydrogen-bond donors (Lipinski definition) is 2. The molecule has 3 atom stereocenters. The molecule has 1 amide bonds. The van der Waals surface area contributed by atoms with Crippen molar-refractivity contribution in [3.8, 4) is 0 Å². The first-order valence-electron chi connectivity index (χ1n) is 5.90. The van der Waals surface area contributed by atoms with Crippen LogP contribution >= 0.6 is 0 Å². The Morgan fingerprint density at radius 3 is 2.67 bits per heavy atom. The zero-order chi connectivity index (χ0) is 13.3. The lowest BCUT2D eigenvalue weighted by Crippen LogP contribution is -2.58. The summed E-state index contributed by atoms with van der Waals surface area (Å²) in [5.41, 5.74) is 4.96. The molecule has 0 aromatic heterocycles. The number of carboxylic acids is 1. The van der Waals surface area contributed by atoms with E-state index in [2.05, 4.69) is 0 Å². The summed E-state index contributed by atoms with van der Waals surface area (Å²) in [5.74, 6) is -1.92. The molecule has 2 heterocycles. The summed E-state index contributed by atoms with van der Waals surface area (Å²) in [5, 5.41) is 9.07. The van der Waals surface area contributed by atoms with Crippen molar-refractivity contribution in [3.05, 3.63) is 0 Å². The van der Waals surface area contributed by atoms with E-state index in [9.17, 15) is 9.59 Å². The maximum absolute atomic E-state index is 12.3. The first kappa shape index (κ1) is 13.3. The number of aliphatic carboxylic acids is 1. The van der Waals surface area contributed by atoms with Crippen molar-refractivity contribution >= 4 is 11.9 Å². The van der Waals surface area contributed by atoms with Crippen molar-refractivity contribution in [1.82, 2.24) is 4.90 Å². The largest absolute Gasteiger partial charge is 0.481 e. The molecule has 7 nitrogen and oxygen atoms in total. The van der Waals surface area contributed by atoms with Crippen LogP contribution in [0.3, 0.4) is 0 Å². The Labute approximate surface area is 105 Å². The lowest BCUT2D eigenvalue weighted by Gasteiger charge is -2.32. The summed E-state index contributed by atoms with van der Waals surface area (Å²) in [6.45, 7) is 1.00. The van der Waals surface area contributed by atoms with Gasteiger partial charge in [-0.05, 0) is 6.42 Å². The van der Waals surface area contributed by atoms with Gasteiger partial charge in [-0.1, -0.05) is 0 Å². The molecule has 2 fully saturated rings. The Balaban J connectivity index is 2.08. The van der Waals surface area contributed by atoms with E-state index in [1.54, 1.807) is 7.05 Å². The van der Waals surface area contributed by atoms with Crippen LogP contribution < -0.4 is 5.73 Å². The second-order valence-corrected chi connectivity index (χ2v) is 4.92. The fourth-order valence-electron chi connectivity index (χ4n) is 2.41. The number of ether oxygens (including phenoxy) is 2. The number of carbonyl (C=O) groups excluding carboxylic acids is 1. The van der Waals surface area contributed by atoms with Crippen LogP contribution in [0.5, 0.6) is 0 Å². The Morgan fingerprint density at radius 2 is 2.11 bits per heavy atom. The van der Waals surface area contributed by atoms with Crippen molar-refractivity contribution in [2.24, 2.45) is 11.7 Å². The van der Waals surface area contributed by atoms with Gasteiger partial charge in [-0.25, -0.2) is 0 Å². The second kappa shape index (κ2) is 4.83. The molecule has 0 spiro atoms. The fourth-order valence-corrected chi connectivity index (χ4v) is 2.41. The number of amides is 1.